The number of carbonyl (C=O) groups is 1. The zero-order chi connectivity index (χ0) is 11.7. The van der Waals surface area contributed by atoms with Gasteiger partial charge in [-0.1, -0.05) is 24.3 Å². The van der Waals surface area contributed by atoms with Crippen LogP contribution in [0.2, 0.25) is 0 Å². The highest BCUT2D eigenvalue weighted by Crippen LogP contribution is 2.27. The molecule has 0 aromatic heterocycles. The Balaban J connectivity index is 1.87. The number of carbonyl (C=O) groups excluding carboxylic acids is 1. The Morgan fingerprint density at radius 3 is 3.00 bits per heavy atom. The molecule has 0 spiro atoms. The minimum Gasteiger partial charge on any atom is -0.492 e. The molecule has 1 aromatic carbocycles. The van der Waals surface area contributed by atoms with Gasteiger partial charge >= 0.3 is 0 Å². The minimum absolute atomic E-state index is 0.0280. The van der Waals surface area contributed by atoms with Crippen LogP contribution in [0.3, 0.4) is 0 Å². The summed E-state index contributed by atoms with van der Waals surface area (Å²) < 4.78 is 11.3. The van der Waals surface area contributed by atoms with Crippen LogP contribution in [0.5, 0.6) is 5.75 Å². The highest BCUT2D eigenvalue weighted by molar-refractivity contribution is 5.99. The quantitative estimate of drug-likeness (QED) is 0.684. The van der Waals surface area contributed by atoms with Gasteiger partial charge in [-0.25, -0.2) is 0 Å². The van der Waals surface area contributed by atoms with Crippen LogP contribution in [-0.4, -0.2) is 19.0 Å². The highest BCUT2D eigenvalue weighted by atomic mass is 16.5. The second-order valence-corrected chi connectivity index (χ2v) is 4.44. The van der Waals surface area contributed by atoms with E-state index >= 15 is 0 Å². The van der Waals surface area contributed by atoms with Crippen LogP contribution in [0.25, 0.3) is 0 Å². The number of ether oxygens (including phenoxy) is 2. The standard InChI is InChI=1S/C14H14O3/c15-14-11-5-6-12(14)9-17-13-4-2-1-3-10(13)7-16-8-11/h1-5,12H,6-9H2. The van der Waals surface area contributed by atoms with Gasteiger partial charge < -0.3 is 9.47 Å². The van der Waals surface area contributed by atoms with E-state index in [9.17, 15) is 4.79 Å². The Labute approximate surface area is 100 Å². The summed E-state index contributed by atoms with van der Waals surface area (Å²) in [5, 5.41) is 0. The molecule has 17 heavy (non-hydrogen) atoms. The van der Waals surface area contributed by atoms with Crippen LogP contribution in [0.15, 0.2) is 35.9 Å². The van der Waals surface area contributed by atoms with Crippen molar-refractivity contribution >= 4 is 5.78 Å². The molecule has 1 unspecified atom stereocenters. The van der Waals surface area contributed by atoms with E-state index in [1.54, 1.807) is 0 Å². The van der Waals surface area contributed by atoms with E-state index in [-0.39, 0.29) is 11.7 Å². The van der Waals surface area contributed by atoms with Gasteiger partial charge in [0.2, 0.25) is 0 Å². The first-order valence-electron chi connectivity index (χ1n) is 5.86. The average Bonchev–Trinajstić information content (AvgIpc) is 2.68. The van der Waals surface area contributed by atoms with Crippen LogP contribution in [0, 0.1) is 5.92 Å². The van der Waals surface area contributed by atoms with Crippen LogP contribution in [0.1, 0.15) is 12.0 Å². The zero-order valence-electron chi connectivity index (χ0n) is 9.52. The third kappa shape index (κ3) is 1.98. The molecule has 0 amide bonds. The Morgan fingerprint density at radius 1 is 1.18 bits per heavy atom. The summed E-state index contributed by atoms with van der Waals surface area (Å²) in [6.07, 6.45) is 2.76. The molecule has 0 radical (unpaired) electrons. The van der Waals surface area contributed by atoms with Crippen molar-refractivity contribution in [3.63, 3.8) is 0 Å². The van der Waals surface area contributed by atoms with Gasteiger partial charge in [-0.05, 0) is 12.5 Å². The van der Waals surface area contributed by atoms with E-state index in [1.165, 1.54) is 0 Å². The molecule has 3 rings (SSSR count). The molecule has 0 saturated heterocycles. The fourth-order valence-corrected chi connectivity index (χ4v) is 2.25. The third-order valence-corrected chi connectivity index (χ3v) is 3.26. The SMILES string of the molecule is O=C1C2=CCC1COc1ccccc1COC2. The van der Waals surface area contributed by atoms with Gasteiger partial charge in [0.05, 0.1) is 25.7 Å². The topological polar surface area (TPSA) is 35.5 Å². The number of ketones is 1. The summed E-state index contributed by atoms with van der Waals surface area (Å²) in [6.45, 7) is 1.38. The number of rotatable bonds is 0. The first kappa shape index (κ1) is 10.5. The molecule has 1 heterocycles. The second kappa shape index (κ2) is 4.34. The van der Waals surface area contributed by atoms with Crippen LogP contribution >= 0.6 is 0 Å². The van der Waals surface area contributed by atoms with E-state index in [0.717, 1.165) is 23.3 Å². The first-order chi connectivity index (χ1) is 8.34. The van der Waals surface area contributed by atoms with Gasteiger partial charge in [0.25, 0.3) is 0 Å². The first-order valence-corrected chi connectivity index (χ1v) is 5.86. The molecule has 0 fully saturated rings. The minimum atomic E-state index is -0.0280. The van der Waals surface area contributed by atoms with Crippen molar-refractivity contribution in [3.05, 3.63) is 41.5 Å². The maximum atomic E-state index is 11.9. The summed E-state index contributed by atoms with van der Waals surface area (Å²) in [5.41, 5.74) is 1.85. The van der Waals surface area contributed by atoms with Crippen molar-refractivity contribution in [1.29, 1.82) is 0 Å². The van der Waals surface area contributed by atoms with Crippen molar-refractivity contribution in [2.75, 3.05) is 13.2 Å². The third-order valence-electron chi connectivity index (χ3n) is 3.26. The van der Waals surface area contributed by atoms with E-state index in [4.69, 9.17) is 9.47 Å². The predicted molar refractivity (Wildman–Crippen MR) is 62.8 cm³/mol. The molecule has 1 atom stereocenters. The summed E-state index contributed by atoms with van der Waals surface area (Å²) in [5.74, 6) is 0.986. The van der Waals surface area contributed by atoms with Crippen LogP contribution < -0.4 is 4.74 Å². The largest absolute Gasteiger partial charge is 0.492 e. The van der Waals surface area contributed by atoms with E-state index in [0.29, 0.717) is 19.8 Å². The molecule has 88 valence electrons. The molecule has 2 aliphatic rings. The van der Waals surface area contributed by atoms with E-state index < -0.39 is 0 Å². The molecule has 1 aromatic rings. The smallest absolute Gasteiger partial charge is 0.167 e. The zero-order valence-corrected chi connectivity index (χ0v) is 9.52. The highest BCUT2D eigenvalue weighted by Gasteiger charge is 2.28. The molecular formula is C14H14O3. The molecule has 3 nitrogen and oxygen atoms in total. The van der Waals surface area contributed by atoms with Gasteiger partial charge in [0, 0.05) is 11.1 Å². The molecule has 3 heteroatoms. The average molecular weight is 230 g/mol. The lowest BCUT2D eigenvalue weighted by Crippen LogP contribution is -2.21. The van der Waals surface area contributed by atoms with Gasteiger partial charge in [-0.3, -0.25) is 4.79 Å². The summed E-state index contributed by atoms with van der Waals surface area (Å²) in [6, 6.07) is 7.82. The number of allylic oxidation sites excluding steroid dienone is 1. The maximum absolute atomic E-state index is 11.9. The van der Waals surface area contributed by atoms with Gasteiger partial charge in [0.15, 0.2) is 5.78 Å². The number of benzene rings is 1. The molecule has 1 aliphatic carbocycles. The second-order valence-electron chi connectivity index (χ2n) is 4.44. The fraction of sp³-hybridized carbons (Fsp3) is 0.357. The molecular weight excluding hydrogens is 216 g/mol. The number of hydrogen-bond acceptors (Lipinski definition) is 3. The Bertz CT molecular complexity index is 476. The lowest BCUT2D eigenvalue weighted by atomic mass is 10.1. The number of Topliss-reactive ketones (excluding diaryl/α,β-unsaturated/α-hetero) is 1. The molecule has 2 bridgehead atoms. The van der Waals surface area contributed by atoms with E-state index in [1.807, 2.05) is 30.3 Å². The molecule has 1 aliphatic heterocycles. The lowest BCUT2D eigenvalue weighted by Gasteiger charge is -2.16. The van der Waals surface area contributed by atoms with E-state index in [2.05, 4.69) is 0 Å². The van der Waals surface area contributed by atoms with Crippen LogP contribution in [-0.2, 0) is 16.1 Å². The summed E-state index contributed by atoms with van der Waals surface area (Å²) in [4.78, 5) is 11.9. The number of hydrogen-bond donors (Lipinski definition) is 0. The Kier molecular flexibility index (Phi) is 2.69. The fourth-order valence-electron chi connectivity index (χ4n) is 2.25. The summed E-state index contributed by atoms with van der Waals surface area (Å²) >= 11 is 0. The lowest BCUT2D eigenvalue weighted by molar-refractivity contribution is -0.119. The summed E-state index contributed by atoms with van der Waals surface area (Å²) in [7, 11) is 0. The molecule has 0 saturated carbocycles. The Morgan fingerprint density at radius 2 is 2.06 bits per heavy atom. The normalized spacial score (nSPS) is 23.6. The number of fused-ring (bicyclic) bond motifs is 3. The van der Waals surface area contributed by atoms with Crippen molar-refractivity contribution in [2.24, 2.45) is 5.92 Å². The Hall–Kier alpha value is -1.61. The predicted octanol–water partition coefficient (Wildman–Crippen LogP) is 2.11. The monoisotopic (exact) mass is 230 g/mol. The van der Waals surface area contributed by atoms with Crippen molar-refractivity contribution in [1.82, 2.24) is 0 Å². The van der Waals surface area contributed by atoms with Crippen molar-refractivity contribution in [2.45, 2.75) is 13.0 Å². The van der Waals surface area contributed by atoms with Crippen molar-refractivity contribution < 1.29 is 14.3 Å². The maximum Gasteiger partial charge on any atom is 0.167 e. The van der Waals surface area contributed by atoms with Gasteiger partial charge in [0.1, 0.15) is 5.75 Å². The van der Waals surface area contributed by atoms with Crippen molar-refractivity contribution in [3.8, 4) is 5.75 Å². The van der Waals surface area contributed by atoms with Gasteiger partial charge in [-0.15, -0.1) is 0 Å². The number of para-hydroxylation sites is 1. The molecule has 0 N–H and O–H groups in total. The van der Waals surface area contributed by atoms with Crippen LogP contribution in [0.4, 0.5) is 0 Å². The van der Waals surface area contributed by atoms with Gasteiger partial charge in [-0.2, -0.15) is 0 Å².